The molecule has 132 valence electrons. The number of anilines is 1. The normalized spacial score (nSPS) is 10.8. The van der Waals surface area contributed by atoms with Crippen molar-refractivity contribution in [2.24, 2.45) is 5.10 Å². The van der Waals surface area contributed by atoms with E-state index < -0.39 is 5.82 Å². The molecule has 0 radical (unpaired) electrons. The summed E-state index contributed by atoms with van der Waals surface area (Å²) >= 11 is 5.09. The molecule has 0 spiro atoms. The summed E-state index contributed by atoms with van der Waals surface area (Å²) in [6.07, 6.45) is 3.40. The number of hydrazone groups is 1. The van der Waals surface area contributed by atoms with E-state index in [0.29, 0.717) is 12.1 Å². The molecule has 2 aromatic carbocycles. The highest BCUT2D eigenvalue weighted by Crippen LogP contribution is 2.12. The third-order valence-electron chi connectivity index (χ3n) is 3.65. The van der Waals surface area contributed by atoms with Crippen LogP contribution in [0.3, 0.4) is 0 Å². The summed E-state index contributed by atoms with van der Waals surface area (Å²) in [5, 5.41) is 6.94. The van der Waals surface area contributed by atoms with Crippen molar-refractivity contribution >= 4 is 29.2 Å². The van der Waals surface area contributed by atoms with Crippen LogP contribution in [0.25, 0.3) is 0 Å². The lowest BCUT2D eigenvalue weighted by Gasteiger charge is -2.09. The molecule has 2 N–H and O–H groups in total. The summed E-state index contributed by atoms with van der Waals surface area (Å²) in [5.41, 5.74) is 4.26. The number of benzene rings is 2. The topological polar surface area (TPSA) is 41.4 Å². The van der Waals surface area contributed by atoms with Gasteiger partial charge < -0.3 is 9.88 Å². The van der Waals surface area contributed by atoms with E-state index in [9.17, 15) is 8.78 Å². The smallest absolute Gasteiger partial charge is 0.191 e. The number of halogens is 2. The lowest BCUT2D eigenvalue weighted by molar-refractivity contribution is 0.599. The molecule has 0 saturated carbocycles. The minimum atomic E-state index is -0.403. The molecule has 0 atom stereocenters. The summed E-state index contributed by atoms with van der Waals surface area (Å²) in [7, 11) is 0. The van der Waals surface area contributed by atoms with Gasteiger partial charge in [-0.05, 0) is 42.5 Å². The minimum absolute atomic E-state index is 0.165. The van der Waals surface area contributed by atoms with E-state index in [0.717, 1.165) is 5.69 Å². The van der Waals surface area contributed by atoms with Crippen LogP contribution < -0.4 is 10.7 Å². The molecule has 0 aliphatic carbocycles. The Kier molecular flexibility index (Phi) is 5.70. The second-order valence-corrected chi connectivity index (χ2v) is 5.86. The molecule has 0 bridgehead atoms. The molecule has 3 aromatic rings. The number of aromatic nitrogens is 1. The first-order valence-electron chi connectivity index (χ1n) is 7.86. The van der Waals surface area contributed by atoms with E-state index in [1.54, 1.807) is 42.6 Å². The first-order valence-corrected chi connectivity index (χ1v) is 8.27. The van der Waals surface area contributed by atoms with Crippen molar-refractivity contribution in [1.82, 2.24) is 9.99 Å². The zero-order chi connectivity index (χ0) is 18.4. The van der Waals surface area contributed by atoms with Crippen LogP contribution in [0.2, 0.25) is 0 Å². The molecular weight excluding hydrogens is 354 g/mol. The summed E-state index contributed by atoms with van der Waals surface area (Å²) in [5.74, 6) is -0.656. The molecule has 0 unspecified atom stereocenters. The Bertz CT molecular complexity index is 937. The maximum atomic E-state index is 13.8. The molecule has 3 rings (SSSR count). The van der Waals surface area contributed by atoms with Gasteiger partial charge in [0.15, 0.2) is 5.11 Å². The number of thiocarbonyl (C=S) groups is 1. The van der Waals surface area contributed by atoms with Gasteiger partial charge in [-0.3, -0.25) is 5.43 Å². The van der Waals surface area contributed by atoms with Crippen molar-refractivity contribution in [1.29, 1.82) is 0 Å². The van der Waals surface area contributed by atoms with Crippen LogP contribution >= 0.6 is 12.2 Å². The first-order chi connectivity index (χ1) is 12.6. The molecule has 0 saturated heterocycles. The summed E-state index contributed by atoms with van der Waals surface area (Å²) < 4.78 is 29.2. The van der Waals surface area contributed by atoms with E-state index in [1.165, 1.54) is 12.1 Å². The van der Waals surface area contributed by atoms with E-state index in [-0.39, 0.29) is 16.6 Å². The van der Waals surface area contributed by atoms with Crippen LogP contribution in [-0.4, -0.2) is 15.9 Å². The molecule has 0 aliphatic rings. The summed E-state index contributed by atoms with van der Waals surface area (Å²) in [6, 6.07) is 16.5. The van der Waals surface area contributed by atoms with Crippen LogP contribution in [0, 0.1) is 11.6 Å². The fourth-order valence-electron chi connectivity index (χ4n) is 2.37. The maximum absolute atomic E-state index is 13.8. The molecule has 1 aromatic heterocycles. The zero-order valence-corrected chi connectivity index (χ0v) is 14.5. The lowest BCUT2D eigenvalue weighted by atomic mass is 10.2. The van der Waals surface area contributed by atoms with Crippen molar-refractivity contribution in [3.05, 3.63) is 89.8 Å². The predicted octanol–water partition coefficient (Wildman–Crippen LogP) is 4.14. The highest BCUT2D eigenvalue weighted by molar-refractivity contribution is 7.80. The Morgan fingerprint density at radius 3 is 2.50 bits per heavy atom. The number of para-hydroxylation sites is 1. The second kappa shape index (κ2) is 8.35. The molecule has 0 amide bonds. The van der Waals surface area contributed by atoms with Crippen molar-refractivity contribution in [3.8, 4) is 0 Å². The monoisotopic (exact) mass is 370 g/mol. The summed E-state index contributed by atoms with van der Waals surface area (Å²) in [4.78, 5) is 0. The Hall–Kier alpha value is -3.06. The molecule has 4 nitrogen and oxygen atoms in total. The van der Waals surface area contributed by atoms with Gasteiger partial charge in [-0.15, -0.1) is 0 Å². The fraction of sp³-hybridized carbons (Fsp3) is 0.0526. The minimum Gasteiger partial charge on any atom is -0.342 e. The predicted molar refractivity (Wildman–Crippen MR) is 103 cm³/mol. The Balaban J connectivity index is 1.61. The van der Waals surface area contributed by atoms with Crippen LogP contribution in [0.4, 0.5) is 14.5 Å². The fourth-order valence-corrected chi connectivity index (χ4v) is 2.53. The number of rotatable bonds is 5. The van der Waals surface area contributed by atoms with Crippen molar-refractivity contribution in [2.45, 2.75) is 6.54 Å². The van der Waals surface area contributed by atoms with Gasteiger partial charge in [0.05, 0.1) is 24.1 Å². The average Bonchev–Trinajstić information content (AvgIpc) is 3.06. The molecule has 1 heterocycles. The van der Waals surface area contributed by atoms with Crippen LogP contribution in [0.1, 0.15) is 11.3 Å². The standard InChI is InChI=1S/C19H16F2N4S/c20-16-8-2-1-6-14(16)13-25-11-5-7-15(25)12-22-24-19(26)23-18-10-4-3-9-17(18)21/h1-12H,13H2,(H2,23,24,26)/b22-12+. The van der Waals surface area contributed by atoms with Gasteiger partial charge in [0.1, 0.15) is 11.6 Å². The Morgan fingerprint density at radius 1 is 1.00 bits per heavy atom. The number of hydrogen-bond acceptors (Lipinski definition) is 2. The van der Waals surface area contributed by atoms with Crippen molar-refractivity contribution in [2.75, 3.05) is 5.32 Å². The third-order valence-corrected chi connectivity index (χ3v) is 3.84. The van der Waals surface area contributed by atoms with E-state index >= 15 is 0 Å². The highest BCUT2D eigenvalue weighted by Gasteiger charge is 2.05. The van der Waals surface area contributed by atoms with Gasteiger partial charge in [-0.1, -0.05) is 30.3 Å². The number of nitrogens with one attached hydrogen (secondary N) is 2. The molecule has 0 fully saturated rings. The summed E-state index contributed by atoms with van der Waals surface area (Å²) in [6.45, 7) is 0.388. The van der Waals surface area contributed by atoms with E-state index in [4.69, 9.17) is 12.2 Å². The number of nitrogens with zero attached hydrogens (tertiary/aromatic N) is 2. The largest absolute Gasteiger partial charge is 0.342 e. The Morgan fingerprint density at radius 2 is 1.73 bits per heavy atom. The second-order valence-electron chi connectivity index (χ2n) is 5.46. The SMILES string of the molecule is Fc1ccccc1Cn1cccc1/C=N/NC(=S)Nc1ccccc1F. The first kappa shape index (κ1) is 17.8. The van der Waals surface area contributed by atoms with Gasteiger partial charge in [0, 0.05) is 11.8 Å². The van der Waals surface area contributed by atoms with Gasteiger partial charge in [-0.25, -0.2) is 8.78 Å². The van der Waals surface area contributed by atoms with E-state index in [2.05, 4.69) is 15.8 Å². The van der Waals surface area contributed by atoms with Gasteiger partial charge in [0.2, 0.25) is 0 Å². The zero-order valence-electron chi connectivity index (χ0n) is 13.7. The molecular formula is C19H16F2N4S. The van der Waals surface area contributed by atoms with Crippen molar-refractivity contribution < 1.29 is 8.78 Å². The van der Waals surface area contributed by atoms with Crippen LogP contribution in [0.15, 0.2) is 72.0 Å². The van der Waals surface area contributed by atoms with Gasteiger partial charge >= 0.3 is 0 Å². The molecule has 26 heavy (non-hydrogen) atoms. The number of hydrogen-bond donors (Lipinski definition) is 2. The molecule has 0 aliphatic heterocycles. The van der Waals surface area contributed by atoms with Gasteiger partial charge in [0.25, 0.3) is 0 Å². The highest BCUT2D eigenvalue weighted by atomic mass is 32.1. The molecule has 7 heteroatoms. The maximum Gasteiger partial charge on any atom is 0.191 e. The van der Waals surface area contributed by atoms with E-state index in [1.807, 2.05) is 22.9 Å². The van der Waals surface area contributed by atoms with Crippen LogP contribution in [0.5, 0.6) is 0 Å². The lowest BCUT2D eigenvalue weighted by Crippen LogP contribution is -2.24. The average molecular weight is 370 g/mol. The van der Waals surface area contributed by atoms with Gasteiger partial charge in [-0.2, -0.15) is 5.10 Å². The van der Waals surface area contributed by atoms with Crippen LogP contribution in [-0.2, 0) is 6.54 Å². The third kappa shape index (κ3) is 4.52. The quantitative estimate of drug-likeness (QED) is 0.403. The Labute approximate surface area is 155 Å². The van der Waals surface area contributed by atoms with Crippen molar-refractivity contribution in [3.63, 3.8) is 0 Å².